The number of carbonyl (C=O) groups is 1. The van der Waals surface area contributed by atoms with E-state index in [1.54, 1.807) is 17.0 Å². The predicted octanol–water partition coefficient (Wildman–Crippen LogP) is 2.47. The zero-order valence-electron chi connectivity index (χ0n) is 13.1. The van der Waals surface area contributed by atoms with E-state index in [9.17, 15) is 4.79 Å². The first-order chi connectivity index (χ1) is 11.1. The Labute approximate surface area is 134 Å². The van der Waals surface area contributed by atoms with Gasteiger partial charge in [-0.1, -0.05) is 23.8 Å². The minimum absolute atomic E-state index is 0.116. The van der Waals surface area contributed by atoms with Crippen LogP contribution in [0.1, 0.15) is 17.1 Å². The van der Waals surface area contributed by atoms with Gasteiger partial charge < -0.3 is 9.73 Å². The van der Waals surface area contributed by atoms with Crippen LogP contribution >= 0.6 is 0 Å². The van der Waals surface area contributed by atoms with Gasteiger partial charge in [-0.3, -0.25) is 4.79 Å². The number of nitrogens with zero attached hydrogens (tertiary/aromatic N) is 3. The quantitative estimate of drug-likeness (QED) is 0.785. The number of hydrogen-bond donors (Lipinski definition) is 1. The number of carbonyl (C=O) groups excluding carboxylic acids is 1. The molecule has 0 fully saturated rings. The van der Waals surface area contributed by atoms with Gasteiger partial charge >= 0.3 is 0 Å². The molecule has 2 heterocycles. The zero-order chi connectivity index (χ0) is 16.2. The van der Waals surface area contributed by atoms with Gasteiger partial charge in [-0.25, -0.2) is 9.67 Å². The van der Waals surface area contributed by atoms with Crippen LogP contribution in [-0.2, 0) is 17.9 Å². The lowest BCUT2D eigenvalue weighted by Gasteiger charge is -2.07. The largest absolute Gasteiger partial charge is 0.467 e. The van der Waals surface area contributed by atoms with Crippen LogP contribution in [0, 0.1) is 13.8 Å². The molecular weight excluding hydrogens is 292 g/mol. The number of nitrogens with one attached hydrogen (secondary N) is 1. The Balaban J connectivity index is 1.74. The predicted molar refractivity (Wildman–Crippen MR) is 85.5 cm³/mol. The van der Waals surface area contributed by atoms with E-state index in [0.717, 1.165) is 11.1 Å². The van der Waals surface area contributed by atoms with Crippen molar-refractivity contribution in [2.24, 2.45) is 0 Å². The molecular formula is C17H18N4O2. The molecule has 0 aliphatic heterocycles. The highest BCUT2D eigenvalue weighted by Crippen LogP contribution is 2.18. The maximum Gasteiger partial charge on any atom is 0.242 e. The van der Waals surface area contributed by atoms with E-state index in [2.05, 4.69) is 15.4 Å². The summed E-state index contributed by atoms with van der Waals surface area (Å²) in [4.78, 5) is 16.6. The molecule has 3 aromatic rings. The van der Waals surface area contributed by atoms with Crippen LogP contribution in [-0.4, -0.2) is 20.7 Å². The van der Waals surface area contributed by atoms with Crippen molar-refractivity contribution in [3.8, 4) is 11.4 Å². The molecule has 1 aromatic carbocycles. The van der Waals surface area contributed by atoms with Gasteiger partial charge in [-0.2, -0.15) is 5.10 Å². The van der Waals surface area contributed by atoms with Gasteiger partial charge in [0.1, 0.15) is 18.1 Å². The number of amides is 1. The molecule has 0 aliphatic carbocycles. The van der Waals surface area contributed by atoms with Crippen LogP contribution in [0.4, 0.5) is 0 Å². The van der Waals surface area contributed by atoms with E-state index < -0.39 is 0 Å². The fourth-order valence-electron chi connectivity index (χ4n) is 2.35. The van der Waals surface area contributed by atoms with Gasteiger partial charge in [0.2, 0.25) is 5.91 Å². The molecule has 6 heteroatoms. The number of furan rings is 1. The molecule has 0 atom stereocenters. The SMILES string of the molecule is Cc1cccc(-c2nc(C)nn2CC(=O)NCc2ccco2)c1. The van der Waals surface area contributed by atoms with Crippen LogP contribution in [0.2, 0.25) is 0 Å². The third kappa shape index (κ3) is 3.66. The Morgan fingerprint density at radius 1 is 1.26 bits per heavy atom. The normalized spacial score (nSPS) is 10.7. The second-order valence-electron chi connectivity index (χ2n) is 5.37. The summed E-state index contributed by atoms with van der Waals surface area (Å²) in [6, 6.07) is 11.6. The van der Waals surface area contributed by atoms with Crippen molar-refractivity contribution in [1.82, 2.24) is 20.1 Å². The van der Waals surface area contributed by atoms with Gasteiger partial charge in [-0.15, -0.1) is 0 Å². The number of hydrogen-bond acceptors (Lipinski definition) is 4. The molecule has 6 nitrogen and oxygen atoms in total. The highest BCUT2D eigenvalue weighted by molar-refractivity contribution is 5.76. The van der Waals surface area contributed by atoms with Crippen molar-refractivity contribution in [1.29, 1.82) is 0 Å². The second kappa shape index (κ2) is 6.48. The van der Waals surface area contributed by atoms with Crippen molar-refractivity contribution in [2.45, 2.75) is 26.9 Å². The Bertz CT molecular complexity index is 806. The van der Waals surface area contributed by atoms with Crippen molar-refractivity contribution < 1.29 is 9.21 Å². The fraction of sp³-hybridized carbons (Fsp3) is 0.235. The van der Waals surface area contributed by atoms with Crippen LogP contribution in [0.5, 0.6) is 0 Å². The Hall–Kier alpha value is -2.89. The van der Waals surface area contributed by atoms with E-state index >= 15 is 0 Å². The van der Waals surface area contributed by atoms with Crippen molar-refractivity contribution in [3.05, 3.63) is 59.8 Å². The summed E-state index contributed by atoms with van der Waals surface area (Å²) in [5.74, 6) is 1.91. The first-order valence-corrected chi connectivity index (χ1v) is 7.39. The van der Waals surface area contributed by atoms with Crippen LogP contribution in [0.15, 0.2) is 47.1 Å². The number of benzene rings is 1. The summed E-state index contributed by atoms with van der Waals surface area (Å²) < 4.78 is 6.82. The Morgan fingerprint density at radius 3 is 2.87 bits per heavy atom. The standard InChI is InChI=1S/C17H18N4O2/c1-12-5-3-6-14(9-12)17-19-13(2)20-21(17)11-16(22)18-10-15-7-4-8-23-15/h3-9H,10-11H2,1-2H3,(H,18,22). The van der Waals surface area contributed by atoms with Crippen LogP contribution < -0.4 is 5.32 Å². The van der Waals surface area contributed by atoms with Gasteiger partial charge in [-0.05, 0) is 32.0 Å². The van der Waals surface area contributed by atoms with Gasteiger partial charge in [0, 0.05) is 5.56 Å². The molecule has 118 valence electrons. The van der Waals surface area contributed by atoms with Crippen LogP contribution in [0.3, 0.4) is 0 Å². The summed E-state index contributed by atoms with van der Waals surface area (Å²) in [6.07, 6.45) is 1.58. The minimum atomic E-state index is -0.139. The van der Waals surface area contributed by atoms with Gasteiger partial charge in [0.15, 0.2) is 5.82 Å². The third-order valence-electron chi connectivity index (χ3n) is 3.39. The molecule has 3 rings (SSSR count). The average Bonchev–Trinajstić information content (AvgIpc) is 3.15. The van der Waals surface area contributed by atoms with E-state index in [-0.39, 0.29) is 12.5 Å². The second-order valence-corrected chi connectivity index (χ2v) is 5.37. The first kappa shape index (κ1) is 15.0. The highest BCUT2D eigenvalue weighted by atomic mass is 16.3. The Kier molecular flexibility index (Phi) is 4.23. The summed E-state index contributed by atoms with van der Waals surface area (Å²) in [7, 11) is 0. The zero-order valence-corrected chi connectivity index (χ0v) is 13.1. The lowest BCUT2D eigenvalue weighted by Crippen LogP contribution is -2.27. The molecule has 0 unspecified atom stereocenters. The maximum absolute atomic E-state index is 12.1. The molecule has 0 bridgehead atoms. The lowest BCUT2D eigenvalue weighted by molar-refractivity contribution is -0.122. The number of rotatable bonds is 5. The molecule has 1 N–H and O–H groups in total. The highest BCUT2D eigenvalue weighted by Gasteiger charge is 2.13. The molecule has 0 spiro atoms. The van der Waals surface area contributed by atoms with E-state index in [1.165, 1.54) is 0 Å². The van der Waals surface area contributed by atoms with E-state index in [0.29, 0.717) is 24.0 Å². The number of aromatic nitrogens is 3. The minimum Gasteiger partial charge on any atom is -0.467 e. The molecule has 2 aromatic heterocycles. The lowest BCUT2D eigenvalue weighted by atomic mass is 10.1. The monoisotopic (exact) mass is 310 g/mol. The van der Waals surface area contributed by atoms with Gasteiger partial charge in [0.05, 0.1) is 12.8 Å². The summed E-state index contributed by atoms with van der Waals surface area (Å²) >= 11 is 0. The van der Waals surface area contributed by atoms with E-state index in [4.69, 9.17) is 4.42 Å². The summed E-state index contributed by atoms with van der Waals surface area (Å²) in [6.45, 7) is 4.31. The third-order valence-corrected chi connectivity index (χ3v) is 3.39. The number of aryl methyl sites for hydroxylation is 2. The molecule has 0 aliphatic rings. The molecule has 0 saturated heterocycles. The van der Waals surface area contributed by atoms with E-state index in [1.807, 2.05) is 44.2 Å². The fourth-order valence-corrected chi connectivity index (χ4v) is 2.35. The topological polar surface area (TPSA) is 73.0 Å². The molecule has 0 saturated carbocycles. The van der Waals surface area contributed by atoms with Crippen molar-refractivity contribution in [2.75, 3.05) is 0 Å². The molecule has 23 heavy (non-hydrogen) atoms. The molecule has 1 amide bonds. The van der Waals surface area contributed by atoms with Crippen molar-refractivity contribution >= 4 is 5.91 Å². The molecule has 0 radical (unpaired) electrons. The van der Waals surface area contributed by atoms with Crippen molar-refractivity contribution in [3.63, 3.8) is 0 Å². The summed E-state index contributed by atoms with van der Waals surface area (Å²) in [5.41, 5.74) is 2.08. The smallest absolute Gasteiger partial charge is 0.242 e. The maximum atomic E-state index is 12.1. The first-order valence-electron chi connectivity index (χ1n) is 7.39. The summed E-state index contributed by atoms with van der Waals surface area (Å²) in [5, 5.41) is 7.13. The average molecular weight is 310 g/mol. The Morgan fingerprint density at radius 2 is 2.13 bits per heavy atom. The van der Waals surface area contributed by atoms with Crippen LogP contribution in [0.25, 0.3) is 11.4 Å². The van der Waals surface area contributed by atoms with Gasteiger partial charge in [0.25, 0.3) is 0 Å².